The molecular weight excluding hydrogens is 649 g/mol. The number of nitrogen functional groups attached to an aromatic ring is 1. The molecular formula is C31H36F5N5O7. The number of ether oxygens (including phenoxy) is 5. The molecule has 2 aromatic rings. The van der Waals surface area contributed by atoms with Crippen molar-refractivity contribution in [1.82, 2.24) is 15.2 Å². The maximum absolute atomic E-state index is 13.7. The van der Waals surface area contributed by atoms with Crippen molar-refractivity contribution in [3.05, 3.63) is 35.5 Å². The molecule has 48 heavy (non-hydrogen) atoms. The highest BCUT2D eigenvalue weighted by Gasteiger charge is 2.63. The van der Waals surface area contributed by atoms with E-state index in [0.29, 0.717) is 0 Å². The second kappa shape index (κ2) is 12.8. The summed E-state index contributed by atoms with van der Waals surface area (Å²) in [5.74, 6) is -2.82. The lowest BCUT2D eigenvalue weighted by atomic mass is 9.70. The number of aromatic nitrogens is 1. The molecule has 0 atom stereocenters. The lowest BCUT2D eigenvalue weighted by Crippen LogP contribution is -2.66. The number of nitrogens with zero attached hydrogens (tertiary/aromatic N) is 2. The highest BCUT2D eigenvalue weighted by molar-refractivity contribution is 6.12. The molecule has 6 aliphatic rings. The van der Waals surface area contributed by atoms with Crippen molar-refractivity contribution >= 4 is 23.3 Å². The fourth-order valence-corrected chi connectivity index (χ4v) is 6.58. The van der Waals surface area contributed by atoms with E-state index in [-0.39, 0.29) is 54.1 Å². The van der Waals surface area contributed by atoms with Gasteiger partial charge in [0.1, 0.15) is 17.1 Å². The van der Waals surface area contributed by atoms with E-state index in [1.54, 1.807) is 0 Å². The van der Waals surface area contributed by atoms with Crippen LogP contribution in [0, 0.1) is 0 Å². The normalized spacial score (nSPS) is 26.1. The van der Waals surface area contributed by atoms with Gasteiger partial charge in [0.25, 0.3) is 11.8 Å². The summed E-state index contributed by atoms with van der Waals surface area (Å²) in [6, 6.07) is 4.05. The van der Waals surface area contributed by atoms with Gasteiger partial charge in [0.2, 0.25) is 0 Å². The number of fused-ring (bicyclic) bond motifs is 4. The number of amides is 2. The molecule has 2 bridgehead atoms. The molecule has 2 amide bonds. The summed E-state index contributed by atoms with van der Waals surface area (Å²) in [5, 5.41) is 5.10. The zero-order chi connectivity index (χ0) is 34.3. The summed E-state index contributed by atoms with van der Waals surface area (Å²) in [4.78, 5) is 32.9. The van der Waals surface area contributed by atoms with Crippen LogP contribution in [0.2, 0.25) is 0 Å². The average molecular weight is 686 g/mol. The topological polar surface area (TPSA) is 146 Å². The molecule has 4 N–H and O–H groups in total. The predicted octanol–water partition coefficient (Wildman–Crippen LogP) is 4.49. The number of anilines is 2. The van der Waals surface area contributed by atoms with Crippen molar-refractivity contribution in [2.45, 2.75) is 74.6 Å². The number of hydrogen-bond donors (Lipinski definition) is 3. The second-order valence-corrected chi connectivity index (χ2v) is 12.5. The summed E-state index contributed by atoms with van der Waals surface area (Å²) in [5.41, 5.74) is 1.68. The minimum absolute atomic E-state index is 0.0218. The highest BCUT2D eigenvalue weighted by atomic mass is 19.4. The van der Waals surface area contributed by atoms with Crippen molar-refractivity contribution in [3.8, 4) is 17.2 Å². The number of hydrogen-bond acceptors (Lipinski definition) is 10. The molecule has 4 saturated heterocycles. The number of carbonyl (C=O) groups excluding carboxylic acids is 2. The van der Waals surface area contributed by atoms with Gasteiger partial charge in [-0.3, -0.25) is 14.5 Å². The number of carbonyl (C=O) groups is 2. The number of pyridine rings is 1. The first-order chi connectivity index (χ1) is 22.7. The Labute approximate surface area is 272 Å². The summed E-state index contributed by atoms with van der Waals surface area (Å²) >= 11 is 0. The lowest BCUT2D eigenvalue weighted by Gasteiger charge is -2.53. The van der Waals surface area contributed by atoms with Crippen LogP contribution in [-0.2, 0) is 9.47 Å². The first kappa shape index (κ1) is 33.9. The van der Waals surface area contributed by atoms with E-state index in [9.17, 15) is 31.5 Å². The van der Waals surface area contributed by atoms with Crippen LogP contribution in [0.1, 0.15) is 65.7 Å². The third kappa shape index (κ3) is 6.67. The van der Waals surface area contributed by atoms with Gasteiger partial charge in [-0.05, 0) is 63.7 Å². The van der Waals surface area contributed by atoms with Crippen molar-refractivity contribution in [3.63, 3.8) is 0 Å². The van der Waals surface area contributed by atoms with Gasteiger partial charge in [-0.25, -0.2) is 4.98 Å². The minimum atomic E-state index is -4.56. The molecule has 5 aliphatic heterocycles. The van der Waals surface area contributed by atoms with Gasteiger partial charge in [0, 0.05) is 12.3 Å². The van der Waals surface area contributed by atoms with Crippen LogP contribution in [0.4, 0.5) is 33.5 Å². The number of piperidine rings is 1. The number of nitrogens with two attached hydrogens (primary N) is 1. The molecule has 6 heterocycles. The molecule has 12 nitrogen and oxygen atoms in total. The van der Waals surface area contributed by atoms with Gasteiger partial charge in [0.15, 0.2) is 17.1 Å². The zero-order valence-electron chi connectivity index (χ0n) is 26.1. The largest absolute Gasteiger partial charge is 0.586 e. The first-order valence-corrected chi connectivity index (χ1v) is 15.6. The quantitative estimate of drug-likeness (QED) is 0.372. The smallest absolute Gasteiger partial charge is 0.496 e. The van der Waals surface area contributed by atoms with Crippen molar-refractivity contribution < 1.29 is 55.2 Å². The number of alkyl halides is 5. The molecule has 0 unspecified atom stereocenters. The molecule has 1 aliphatic carbocycles. The fourth-order valence-electron chi connectivity index (χ4n) is 6.58. The first-order valence-electron chi connectivity index (χ1n) is 15.6. The summed E-state index contributed by atoms with van der Waals surface area (Å²) in [6.45, 7) is 4.20. The maximum atomic E-state index is 13.7. The number of methoxy groups -OCH3 is 1. The molecule has 8 rings (SSSR count). The zero-order valence-corrected chi connectivity index (χ0v) is 26.1. The number of likely N-dealkylation sites (tertiary alicyclic amines) is 1. The number of benzene rings is 1. The predicted molar refractivity (Wildman–Crippen MR) is 159 cm³/mol. The summed E-state index contributed by atoms with van der Waals surface area (Å²) in [6.07, 6.45) is -3.79. The van der Waals surface area contributed by atoms with E-state index in [2.05, 4.69) is 30.0 Å². The summed E-state index contributed by atoms with van der Waals surface area (Å²) in [7, 11) is 1.29. The Kier molecular flexibility index (Phi) is 9.06. The van der Waals surface area contributed by atoms with E-state index in [1.165, 1.54) is 51.7 Å². The molecule has 0 spiro atoms. The lowest BCUT2D eigenvalue weighted by molar-refractivity contribution is -0.317. The average Bonchev–Trinajstić information content (AvgIpc) is 3.33. The Hall–Kier alpha value is -3.96. The molecule has 1 saturated carbocycles. The van der Waals surface area contributed by atoms with Crippen LogP contribution >= 0.6 is 0 Å². The highest BCUT2D eigenvalue weighted by Crippen LogP contribution is 2.52. The number of halogens is 5. The van der Waals surface area contributed by atoms with Crippen molar-refractivity contribution in [1.29, 1.82) is 0 Å². The van der Waals surface area contributed by atoms with E-state index in [1.807, 2.05) is 0 Å². The Morgan fingerprint density at radius 3 is 2.25 bits per heavy atom. The Balaban J connectivity index is 0.000000340. The van der Waals surface area contributed by atoms with Gasteiger partial charge in [-0.1, -0.05) is 6.42 Å². The van der Waals surface area contributed by atoms with Crippen LogP contribution in [0.15, 0.2) is 24.4 Å². The Morgan fingerprint density at radius 1 is 1.02 bits per heavy atom. The van der Waals surface area contributed by atoms with Crippen LogP contribution in [-0.4, -0.2) is 91.4 Å². The van der Waals surface area contributed by atoms with Gasteiger partial charge >= 0.3 is 12.5 Å². The Bertz CT molecular complexity index is 1520. The van der Waals surface area contributed by atoms with Crippen molar-refractivity contribution in [2.24, 2.45) is 0 Å². The van der Waals surface area contributed by atoms with Crippen LogP contribution in [0.25, 0.3) is 0 Å². The van der Waals surface area contributed by atoms with Crippen LogP contribution in [0.3, 0.4) is 0 Å². The molecule has 1 aromatic heterocycles. The standard InChI is InChI=1S/C23H21F5N4O6.C8H15NO/c1-35-13-2-7-30-17(29)16(13)19(34)31-12-9-15-14(37-23(27,28)38-15)8-11(12)18(33)32-20-3-5-21(6-4-20,36-10-20)22(24,25)26;1-2-4-9(5-3-1)8-6-10-7-8/h2,7-9H,3-6,10H2,1H3,(H2,29,30)(H,31,34)(H,32,33);8H,1-7H2. The molecule has 1 aromatic carbocycles. The Morgan fingerprint density at radius 2 is 1.69 bits per heavy atom. The second-order valence-electron chi connectivity index (χ2n) is 12.5. The van der Waals surface area contributed by atoms with Gasteiger partial charge < -0.3 is 40.1 Å². The van der Waals surface area contributed by atoms with E-state index < -0.39 is 53.5 Å². The van der Waals surface area contributed by atoms with E-state index in [0.717, 1.165) is 31.4 Å². The third-order valence-electron chi connectivity index (χ3n) is 9.49. The SMILES string of the molecule is C1CCN(C2COC2)CC1.COc1ccnc(N)c1C(=O)Nc1cc2c(cc1C(=O)NC13CCC(C(F)(F)F)(CC1)OC3)OC(F)(F)O2. The van der Waals surface area contributed by atoms with Gasteiger partial charge in [0.05, 0.1) is 49.8 Å². The monoisotopic (exact) mass is 685 g/mol. The van der Waals surface area contributed by atoms with Crippen LogP contribution < -0.4 is 30.6 Å². The van der Waals surface area contributed by atoms with Crippen molar-refractivity contribution in [2.75, 3.05) is 51.1 Å². The minimum Gasteiger partial charge on any atom is -0.496 e. The third-order valence-corrected chi connectivity index (χ3v) is 9.49. The molecule has 5 fully saturated rings. The maximum Gasteiger partial charge on any atom is 0.586 e. The molecule has 0 radical (unpaired) electrons. The summed E-state index contributed by atoms with van der Waals surface area (Å²) < 4.78 is 92.3. The fraction of sp³-hybridized carbons (Fsp3) is 0.581. The number of rotatable bonds is 6. The van der Waals surface area contributed by atoms with Gasteiger partial charge in [-0.2, -0.15) is 13.2 Å². The van der Waals surface area contributed by atoms with Crippen LogP contribution in [0.5, 0.6) is 17.2 Å². The van der Waals surface area contributed by atoms with E-state index >= 15 is 0 Å². The van der Waals surface area contributed by atoms with Gasteiger partial charge in [-0.15, -0.1) is 8.78 Å². The molecule has 262 valence electrons. The van der Waals surface area contributed by atoms with E-state index in [4.69, 9.17) is 19.9 Å². The number of nitrogens with one attached hydrogen (secondary N) is 2. The molecule has 17 heteroatoms.